The molecule has 0 aromatic heterocycles. The van der Waals surface area contributed by atoms with Crippen LogP contribution in [0.4, 0.5) is 4.79 Å². The average molecular weight is 282 g/mol. The Bertz CT molecular complexity index is 351. The largest absolute Gasteiger partial charge is 0.466 e. The zero-order chi connectivity index (χ0) is 14.5. The molecule has 2 fully saturated rings. The molecule has 0 bridgehead atoms. The molecule has 2 aliphatic heterocycles. The van der Waals surface area contributed by atoms with Crippen LogP contribution < -0.4 is 0 Å². The number of carbonyl (C=O) groups excluding carboxylic acids is 2. The Kier molecular flexibility index (Phi) is 5.26. The van der Waals surface area contributed by atoms with Crippen LogP contribution in [0.2, 0.25) is 0 Å². The molecule has 2 rings (SSSR count). The summed E-state index contributed by atoms with van der Waals surface area (Å²) in [5.74, 6) is 0.418. The first-order chi connectivity index (χ1) is 9.61. The van der Waals surface area contributed by atoms with Crippen molar-refractivity contribution in [3.63, 3.8) is 0 Å². The van der Waals surface area contributed by atoms with Gasteiger partial charge >= 0.3 is 12.0 Å². The zero-order valence-electron chi connectivity index (χ0n) is 12.6. The van der Waals surface area contributed by atoms with Crippen LogP contribution in [0.5, 0.6) is 0 Å². The molecule has 0 unspecified atom stereocenters. The number of rotatable bonds is 2. The highest BCUT2D eigenvalue weighted by atomic mass is 16.5. The van der Waals surface area contributed by atoms with Gasteiger partial charge in [-0.3, -0.25) is 4.79 Å². The van der Waals surface area contributed by atoms with E-state index in [-0.39, 0.29) is 17.9 Å². The van der Waals surface area contributed by atoms with E-state index >= 15 is 0 Å². The van der Waals surface area contributed by atoms with Gasteiger partial charge in [0.2, 0.25) is 0 Å². The Labute approximate surface area is 121 Å². The predicted octanol–water partition coefficient (Wildman–Crippen LogP) is 2.11. The maximum atomic E-state index is 12.5. The fourth-order valence-corrected chi connectivity index (χ4v) is 3.00. The molecule has 0 aromatic carbocycles. The minimum absolute atomic E-state index is 0.103. The van der Waals surface area contributed by atoms with Crippen LogP contribution in [0, 0.1) is 11.8 Å². The monoisotopic (exact) mass is 282 g/mol. The topological polar surface area (TPSA) is 49.9 Å². The summed E-state index contributed by atoms with van der Waals surface area (Å²) in [6.45, 7) is 7.44. The molecule has 0 aliphatic carbocycles. The number of amides is 2. The molecule has 0 N–H and O–H groups in total. The van der Waals surface area contributed by atoms with Gasteiger partial charge in [0.25, 0.3) is 0 Å². The molecule has 2 heterocycles. The van der Waals surface area contributed by atoms with Gasteiger partial charge in [-0.05, 0) is 38.5 Å². The van der Waals surface area contributed by atoms with E-state index in [1.807, 2.05) is 16.7 Å². The number of esters is 1. The second-order valence-corrected chi connectivity index (χ2v) is 5.99. The lowest BCUT2D eigenvalue weighted by Gasteiger charge is -2.38. The average Bonchev–Trinajstić information content (AvgIpc) is 2.48. The Balaban J connectivity index is 1.88. The van der Waals surface area contributed by atoms with Crippen LogP contribution in [-0.2, 0) is 9.53 Å². The summed E-state index contributed by atoms with van der Waals surface area (Å²) < 4.78 is 5.08. The molecular weight excluding hydrogens is 256 g/mol. The normalized spacial score (nSPS) is 24.6. The van der Waals surface area contributed by atoms with Gasteiger partial charge in [0.1, 0.15) is 0 Å². The van der Waals surface area contributed by atoms with Crippen molar-refractivity contribution in [2.45, 2.75) is 39.5 Å². The van der Waals surface area contributed by atoms with Gasteiger partial charge in [-0.15, -0.1) is 0 Å². The number of urea groups is 1. The third-order valence-corrected chi connectivity index (χ3v) is 4.37. The SMILES string of the molecule is CCOC(=O)[C@@H]1CCCN(C(=O)N2CCC(C)CC2)C1. The van der Waals surface area contributed by atoms with Gasteiger partial charge in [-0.25, -0.2) is 4.79 Å². The summed E-state index contributed by atoms with van der Waals surface area (Å²) in [5, 5.41) is 0. The fourth-order valence-electron chi connectivity index (χ4n) is 3.00. The smallest absolute Gasteiger partial charge is 0.320 e. The van der Waals surface area contributed by atoms with Crippen molar-refractivity contribution in [3.8, 4) is 0 Å². The summed E-state index contributed by atoms with van der Waals surface area (Å²) in [6.07, 6.45) is 3.89. The lowest BCUT2D eigenvalue weighted by Crippen LogP contribution is -2.50. The maximum Gasteiger partial charge on any atom is 0.320 e. The van der Waals surface area contributed by atoms with Gasteiger partial charge in [0.05, 0.1) is 12.5 Å². The highest BCUT2D eigenvalue weighted by Gasteiger charge is 2.32. The molecule has 0 spiro atoms. The standard InChI is InChI=1S/C15H26N2O3/c1-3-20-14(18)13-5-4-8-17(11-13)15(19)16-9-6-12(2)7-10-16/h12-13H,3-11H2,1-2H3/t13-/m1/s1. The van der Waals surface area contributed by atoms with E-state index in [1.165, 1.54) is 0 Å². The van der Waals surface area contributed by atoms with Gasteiger partial charge in [0, 0.05) is 26.2 Å². The van der Waals surface area contributed by atoms with Crippen molar-refractivity contribution in [2.75, 3.05) is 32.8 Å². The summed E-state index contributed by atoms with van der Waals surface area (Å²) in [4.78, 5) is 28.1. The highest BCUT2D eigenvalue weighted by Crippen LogP contribution is 2.22. The first-order valence-electron chi connectivity index (χ1n) is 7.82. The Morgan fingerprint density at radius 2 is 1.80 bits per heavy atom. The molecule has 2 saturated heterocycles. The van der Waals surface area contributed by atoms with Gasteiger partial charge in [-0.1, -0.05) is 6.92 Å². The Morgan fingerprint density at radius 3 is 2.45 bits per heavy atom. The zero-order valence-corrected chi connectivity index (χ0v) is 12.6. The number of hydrogen-bond donors (Lipinski definition) is 0. The highest BCUT2D eigenvalue weighted by molar-refractivity contribution is 5.77. The van der Waals surface area contributed by atoms with Crippen LogP contribution in [0.1, 0.15) is 39.5 Å². The van der Waals surface area contributed by atoms with Crippen LogP contribution in [0.25, 0.3) is 0 Å². The molecule has 5 heteroatoms. The number of carbonyl (C=O) groups is 2. The van der Waals surface area contributed by atoms with Crippen molar-refractivity contribution in [1.82, 2.24) is 9.80 Å². The van der Waals surface area contributed by atoms with E-state index in [4.69, 9.17) is 4.74 Å². The lowest BCUT2D eigenvalue weighted by atomic mass is 9.97. The maximum absolute atomic E-state index is 12.5. The number of ether oxygens (including phenoxy) is 1. The van der Waals surface area contributed by atoms with Crippen molar-refractivity contribution < 1.29 is 14.3 Å². The second-order valence-electron chi connectivity index (χ2n) is 5.99. The fraction of sp³-hybridized carbons (Fsp3) is 0.867. The van der Waals surface area contributed by atoms with Crippen molar-refractivity contribution >= 4 is 12.0 Å². The van der Waals surface area contributed by atoms with E-state index < -0.39 is 0 Å². The van der Waals surface area contributed by atoms with Crippen molar-refractivity contribution in [2.24, 2.45) is 11.8 Å². The van der Waals surface area contributed by atoms with Gasteiger partial charge in [-0.2, -0.15) is 0 Å². The first kappa shape index (κ1) is 15.1. The van der Waals surface area contributed by atoms with Crippen LogP contribution in [0.15, 0.2) is 0 Å². The molecule has 0 saturated carbocycles. The van der Waals surface area contributed by atoms with E-state index in [2.05, 4.69) is 6.92 Å². The third kappa shape index (κ3) is 3.64. The molecule has 5 nitrogen and oxygen atoms in total. The predicted molar refractivity (Wildman–Crippen MR) is 76.3 cm³/mol. The second kappa shape index (κ2) is 6.95. The summed E-state index contributed by atoms with van der Waals surface area (Å²) in [6, 6.07) is 0.103. The third-order valence-electron chi connectivity index (χ3n) is 4.37. The van der Waals surface area contributed by atoms with E-state index in [1.54, 1.807) is 0 Å². The Hall–Kier alpha value is -1.26. The Morgan fingerprint density at radius 1 is 1.10 bits per heavy atom. The molecule has 20 heavy (non-hydrogen) atoms. The van der Waals surface area contributed by atoms with Gasteiger partial charge < -0.3 is 14.5 Å². The first-order valence-corrected chi connectivity index (χ1v) is 7.82. The van der Waals surface area contributed by atoms with E-state index in [9.17, 15) is 9.59 Å². The van der Waals surface area contributed by atoms with Crippen LogP contribution >= 0.6 is 0 Å². The van der Waals surface area contributed by atoms with E-state index in [0.717, 1.165) is 45.3 Å². The molecule has 0 radical (unpaired) electrons. The summed E-state index contributed by atoms with van der Waals surface area (Å²) in [5.41, 5.74) is 0. The minimum Gasteiger partial charge on any atom is -0.466 e. The lowest BCUT2D eigenvalue weighted by molar-refractivity contribution is -0.149. The number of likely N-dealkylation sites (tertiary alicyclic amines) is 2. The quantitative estimate of drug-likeness (QED) is 0.729. The molecule has 0 aromatic rings. The van der Waals surface area contributed by atoms with Crippen LogP contribution in [0.3, 0.4) is 0 Å². The summed E-state index contributed by atoms with van der Waals surface area (Å²) >= 11 is 0. The molecular formula is C15H26N2O3. The number of nitrogens with zero attached hydrogens (tertiary/aromatic N) is 2. The molecule has 1 atom stereocenters. The molecule has 114 valence electrons. The van der Waals surface area contributed by atoms with Gasteiger partial charge in [0.15, 0.2) is 0 Å². The number of hydrogen-bond acceptors (Lipinski definition) is 3. The van der Waals surface area contributed by atoms with Crippen LogP contribution in [-0.4, -0.2) is 54.6 Å². The molecule has 2 amide bonds. The minimum atomic E-state index is -0.155. The van der Waals surface area contributed by atoms with E-state index in [0.29, 0.717) is 19.1 Å². The number of piperidine rings is 2. The van der Waals surface area contributed by atoms with Crippen molar-refractivity contribution in [3.05, 3.63) is 0 Å². The molecule has 2 aliphatic rings. The van der Waals surface area contributed by atoms with Crippen molar-refractivity contribution in [1.29, 1.82) is 0 Å². The summed E-state index contributed by atoms with van der Waals surface area (Å²) in [7, 11) is 0.